The SMILES string of the molecule is c1ccc(-c2cc3c4c(c2)Oc2cc(-c5ccccc5)cc5c2B4c2c(cc(-c4ccccc4)cc2O5)O3)cc1.c1ccc(-c2cc3c4c(c2)Oc2cc(-c5ccccn5)cc5c2B4c2c(cc(-c4ccccn4)cc2O5)O3)nc1.c1cncc(-c2cc3c4c(c2)Oc2cc(-c5cccnc5)cc5c2B4c2c(cc(-c4cccnc4)cc2O5)O3)c1. The van der Waals surface area contributed by atoms with E-state index in [-0.39, 0.29) is 20.1 Å². The number of rotatable bonds is 9. The Morgan fingerprint density at radius 3 is 0.500 bits per heavy atom. The molecule has 0 unspecified atom stereocenters. The van der Waals surface area contributed by atoms with E-state index in [4.69, 9.17) is 42.6 Å². The van der Waals surface area contributed by atoms with Gasteiger partial charge in [0, 0.05) is 138 Å². The van der Waals surface area contributed by atoms with Crippen LogP contribution in [0.15, 0.2) is 347 Å². The Kier molecular flexibility index (Phi) is 15.0. The Bertz CT molecular complexity index is 5730. The van der Waals surface area contributed by atoms with Crippen LogP contribution in [0.3, 0.4) is 0 Å². The summed E-state index contributed by atoms with van der Waals surface area (Å²) in [7, 11) is 0. The van der Waals surface area contributed by atoms with Crippen molar-refractivity contribution in [2.45, 2.75) is 0 Å². The van der Waals surface area contributed by atoms with Crippen molar-refractivity contribution in [1.29, 1.82) is 0 Å². The van der Waals surface area contributed by atoms with Crippen molar-refractivity contribution in [2.24, 2.45) is 0 Å². The van der Waals surface area contributed by atoms with Crippen LogP contribution in [-0.2, 0) is 0 Å². The highest BCUT2D eigenvalue weighted by molar-refractivity contribution is 7.01. The normalized spacial score (nSPS) is 13.1. The Labute approximate surface area is 688 Å². The molecule has 0 saturated carbocycles. The number of hydrogen-bond acceptors (Lipinski definition) is 15. The van der Waals surface area contributed by atoms with Crippen LogP contribution in [0.4, 0.5) is 0 Å². The van der Waals surface area contributed by atoms with Crippen LogP contribution in [0.2, 0.25) is 0 Å². The van der Waals surface area contributed by atoms with Crippen LogP contribution >= 0.6 is 0 Å². The Morgan fingerprint density at radius 2 is 0.325 bits per heavy atom. The maximum atomic E-state index is 6.71. The third-order valence-corrected chi connectivity index (χ3v) is 23.7. The molecular weight excluding hydrogens is 1490 g/mol. The lowest BCUT2D eigenvalue weighted by Gasteiger charge is -2.38. The lowest BCUT2D eigenvalue weighted by atomic mass is 9.33. The Morgan fingerprint density at radius 1 is 0.150 bits per heavy atom. The fourth-order valence-electron chi connectivity index (χ4n) is 18.4. The summed E-state index contributed by atoms with van der Waals surface area (Å²) in [6, 6.07) is 98.5. The van der Waals surface area contributed by atoms with E-state index < -0.39 is 0 Å². The predicted molar refractivity (Wildman–Crippen MR) is 468 cm³/mol. The Hall–Kier alpha value is -16.1. The fourth-order valence-corrected chi connectivity index (χ4v) is 18.4. The number of aromatic nitrogens is 6. The van der Waals surface area contributed by atoms with E-state index in [0.29, 0.717) is 0 Å². The van der Waals surface area contributed by atoms with Gasteiger partial charge in [0.25, 0.3) is 20.1 Å². The van der Waals surface area contributed by atoms with E-state index in [1.165, 1.54) is 0 Å². The summed E-state index contributed by atoms with van der Waals surface area (Å²) in [5.41, 5.74) is 27.0. The van der Waals surface area contributed by atoms with Gasteiger partial charge in [-0.25, -0.2) is 0 Å². The maximum absolute atomic E-state index is 6.71. The van der Waals surface area contributed by atoms with Gasteiger partial charge in [0.2, 0.25) is 0 Å². The second-order valence-electron chi connectivity index (χ2n) is 30.7. The first kappa shape index (κ1) is 67.3. The van der Waals surface area contributed by atoms with Crippen molar-refractivity contribution < 1.29 is 42.6 Å². The van der Waals surface area contributed by atoms with Crippen LogP contribution in [0.1, 0.15) is 0 Å². The summed E-state index contributed by atoms with van der Waals surface area (Å²) < 4.78 is 60.0. The lowest BCUT2D eigenvalue weighted by molar-refractivity contribution is 0.442. The molecule has 9 aliphatic heterocycles. The molecule has 0 spiro atoms. The molecule has 0 N–H and O–H groups in total. The maximum Gasteiger partial charge on any atom is 0.270 e. The third-order valence-electron chi connectivity index (χ3n) is 23.7. The Balaban J connectivity index is 0.0000000997. The van der Waals surface area contributed by atoms with Crippen molar-refractivity contribution >= 4 is 69.3 Å². The lowest BCUT2D eigenvalue weighted by Crippen LogP contribution is -2.59. The summed E-state index contributed by atoms with van der Waals surface area (Å²) in [5.74, 6) is 14.2. The van der Waals surface area contributed by atoms with Crippen molar-refractivity contribution in [3.8, 4) is 204 Å². The topological polar surface area (TPSA) is 160 Å². The predicted octanol–water partition coefficient (Wildman–Crippen LogP) is 18.9. The van der Waals surface area contributed by atoms with E-state index in [0.717, 1.165) is 253 Å². The number of pyridine rings is 6. The van der Waals surface area contributed by atoms with E-state index >= 15 is 0 Å². The third kappa shape index (κ3) is 11.0. The summed E-state index contributed by atoms with van der Waals surface area (Å²) >= 11 is 0. The monoisotopic (exact) mass is 1540 g/mol. The zero-order valence-electron chi connectivity index (χ0n) is 63.5. The van der Waals surface area contributed by atoms with Gasteiger partial charge in [0.05, 0.1) is 17.1 Å². The first-order chi connectivity index (χ1) is 59.4. The smallest absolute Gasteiger partial charge is 0.270 e. The van der Waals surface area contributed by atoms with E-state index in [9.17, 15) is 0 Å². The van der Waals surface area contributed by atoms with Gasteiger partial charge in [0.15, 0.2) is 0 Å². The van der Waals surface area contributed by atoms with Gasteiger partial charge in [-0.3, -0.25) is 29.9 Å². The minimum Gasteiger partial charge on any atom is -0.458 e. The number of hydrogen-bond donors (Lipinski definition) is 0. The second kappa shape index (κ2) is 26.8. The summed E-state index contributed by atoms with van der Waals surface area (Å²) in [6.45, 7) is -0.203. The molecular formula is C102H57B3N6O9. The molecule has 6 aromatic heterocycles. The quantitative estimate of drug-likeness (QED) is 0.125. The molecule has 12 aromatic carbocycles. The van der Waals surface area contributed by atoms with E-state index in [1.807, 2.05) is 128 Å². The molecule has 0 atom stereocenters. The standard InChI is InChI=1S/C36H21BO3.2C33H18BN3O3/c1-4-10-22(11-5-1)25-16-28-34-29(17-25)39-31-19-27(24-14-8-3-9-15-24)21-33-36(31)37(34)35-30(38-28)18-26(20-32(35)40-33)23-12-6-2-7-13-23;1-4-19(16-35-7-1)22-10-25-31-26(11-22)39-28-13-24(21-6-3-9-37-18-21)15-30-33(28)34(31)32-27(38-25)12-23(14-29(32)40-30)20-5-2-8-36-17-20;1-4-10-35-22(7-1)19-13-25-31-26(14-19)39-28-16-21(24-9-3-6-12-37-24)18-30-33(28)34(31)32-27(38-25)15-20(17-29(32)40-30)23-8-2-5-11-36-23/h1-21H;2*1-18H. The number of benzene rings is 12. The molecule has 15 nitrogen and oxygen atoms in total. The zero-order chi connectivity index (χ0) is 78.6. The second-order valence-corrected chi connectivity index (χ2v) is 30.7. The van der Waals surface area contributed by atoms with Crippen LogP contribution in [0, 0.1) is 0 Å². The average Bonchev–Trinajstić information content (AvgIpc) is 0.707. The highest BCUT2D eigenvalue weighted by Crippen LogP contribution is 2.51. The van der Waals surface area contributed by atoms with E-state index in [1.54, 1.807) is 37.2 Å². The molecule has 0 bridgehead atoms. The van der Waals surface area contributed by atoms with Crippen molar-refractivity contribution in [1.82, 2.24) is 29.9 Å². The summed E-state index contributed by atoms with van der Waals surface area (Å²) in [4.78, 5) is 26.7. The minimum atomic E-state index is -0.0930. The molecule has 9 aliphatic rings. The minimum absolute atomic E-state index is 0.0317. The van der Waals surface area contributed by atoms with Crippen LogP contribution in [-0.4, -0.2) is 50.0 Å². The van der Waals surface area contributed by atoms with Gasteiger partial charge in [-0.05, 0) is 214 Å². The highest BCUT2D eigenvalue weighted by Gasteiger charge is 2.51. The van der Waals surface area contributed by atoms with Gasteiger partial charge in [-0.15, -0.1) is 0 Å². The molecule has 0 saturated heterocycles. The molecule has 558 valence electrons. The van der Waals surface area contributed by atoms with Gasteiger partial charge in [-0.2, -0.15) is 0 Å². The first-order valence-corrected chi connectivity index (χ1v) is 39.7. The largest absolute Gasteiger partial charge is 0.458 e. The highest BCUT2D eigenvalue weighted by atomic mass is 16.5. The molecule has 0 radical (unpaired) electrons. The van der Waals surface area contributed by atoms with Crippen LogP contribution in [0.25, 0.3) is 101 Å². The summed E-state index contributed by atoms with van der Waals surface area (Å²) in [5, 5.41) is 0. The van der Waals surface area contributed by atoms with Gasteiger partial charge in [0.1, 0.15) is 103 Å². The zero-order valence-corrected chi connectivity index (χ0v) is 63.5. The summed E-state index contributed by atoms with van der Waals surface area (Å²) in [6.07, 6.45) is 16.3. The average molecular weight is 1540 g/mol. The van der Waals surface area contributed by atoms with Gasteiger partial charge >= 0.3 is 0 Å². The van der Waals surface area contributed by atoms with Crippen LogP contribution in [0.5, 0.6) is 103 Å². The fraction of sp³-hybridized carbons (Fsp3) is 0. The van der Waals surface area contributed by atoms with Crippen molar-refractivity contribution in [3.05, 3.63) is 347 Å². The molecule has 120 heavy (non-hydrogen) atoms. The van der Waals surface area contributed by atoms with Crippen LogP contribution < -0.4 is 91.8 Å². The molecule has 18 aromatic rings. The number of ether oxygens (including phenoxy) is 9. The molecule has 18 heteroatoms. The van der Waals surface area contributed by atoms with Gasteiger partial charge in [-0.1, -0.05) is 127 Å². The molecule has 15 heterocycles. The molecule has 27 rings (SSSR count). The number of nitrogens with zero attached hydrogens (tertiary/aromatic N) is 6. The van der Waals surface area contributed by atoms with E-state index in [2.05, 4.69) is 212 Å². The molecule has 0 aliphatic carbocycles. The van der Waals surface area contributed by atoms with Crippen molar-refractivity contribution in [2.75, 3.05) is 0 Å². The van der Waals surface area contributed by atoms with Crippen molar-refractivity contribution in [3.63, 3.8) is 0 Å². The molecule has 0 amide bonds. The molecule has 0 fully saturated rings. The first-order valence-electron chi connectivity index (χ1n) is 39.7. The van der Waals surface area contributed by atoms with Gasteiger partial charge < -0.3 is 42.6 Å².